The van der Waals surface area contributed by atoms with Gasteiger partial charge in [-0.05, 0) is 111 Å². The number of piperidine rings is 1. The lowest BCUT2D eigenvalue weighted by atomic mass is 10.0. The molecule has 5 amide bonds. The average molecular weight is 947 g/mol. The first-order chi connectivity index (χ1) is 33.4. The lowest BCUT2D eigenvalue weighted by Gasteiger charge is -2.39. The molecule has 8 rings (SSSR count). The fourth-order valence-electron chi connectivity index (χ4n) is 9.32. The number of carbonyl (C=O) groups is 6. The van der Waals surface area contributed by atoms with Crippen LogP contribution in [0.5, 0.6) is 0 Å². The predicted molar refractivity (Wildman–Crippen MR) is 256 cm³/mol. The molecule has 8 N–H and O–H groups in total. The molecule has 0 spiro atoms. The molecule has 0 saturated carbocycles. The number of nitrogens with one attached hydrogen (secondary N) is 6. The first-order valence-corrected chi connectivity index (χ1v) is 23.3. The number of amides is 5. The number of carbonyl (C=O) groups excluding carboxylic acids is 6. The molecule has 0 bridgehead atoms. The minimum absolute atomic E-state index is 0.0475. The maximum atomic E-state index is 13.9. The minimum atomic E-state index is -1.03. The van der Waals surface area contributed by atoms with Crippen molar-refractivity contribution in [2.75, 3.05) is 80.3 Å². The summed E-state index contributed by atoms with van der Waals surface area (Å²) in [5.41, 5.74) is 10.7. The molecule has 69 heavy (non-hydrogen) atoms. The van der Waals surface area contributed by atoms with Crippen LogP contribution in [0.2, 0.25) is 0 Å². The summed E-state index contributed by atoms with van der Waals surface area (Å²) in [5.74, 6) is -4.30. The number of halogens is 2. The van der Waals surface area contributed by atoms with Gasteiger partial charge in [0.1, 0.15) is 29.8 Å². The Morgan fingerprint density at radius 1 is 0.855 bits per heavy atom. The van der Waals surface area contributed by atoms with Crippen LogP contribution < -0.4 is 37.2 Å². The van der Waals surface area contributed by atoms with Gasteiger partial charge in [0.15, 0.2) is 0 Å². The molecule has 4 aromatic carbocycles. The average Bonchev–Trinajstić information content (AvgIpc) is 3.59. The van der Waals surface area contributed by atoms with Gasteiger partial charge in [-0.1, -0.05) is 12.1 Å². The lowest BCUT2D eigenvalue weighted by Crippen LogP contribution is -2.54. The molecule has 19 heteroatoms. The number of aldehydes is 1. The molecule has 4 heterocycles. The number of unbranched alkanes of at least 4 members (excludes halogenated alkanes) is 1. The van der Waals surface area contributed by atoms with Crippen LogP contribution in [-0.2, 0) is 25.5 Å². The van der Waals surface area contributed by atoms with E-state index in [0.717, 1.165) is 48.6 Å². The van der Waals surface area contributed by atoms with Crippen LogP contribution in [0.15, 0.2) is 72.8 Å². The summed E-state index contributed by atoms with van der Waals surface area (Å²) in [6, 6.07) is 17.5. The van der Waals surface area contributed by atoms with Crippen LogP contribution in [0.1, 0.15) is 86.3 Å². The number of ether oxygens (including phenoxy) is 1. The topological polar surface area (TPSA) is 231 Å². The predicted octanol–water partition coefficient (Wildman–Crippen LogP) is 4.06. The molecular weight excluding hydrogens is 891 g/mol. The number of hydrogen-bond donors (Lipinski definition) is 7. The van der Waals surface area contributed by atoms with Crippen LogP contribution in [0, 0.1) is 17.0 Å². The number of fused-ring (bicyclic) bond motifs is 1. The third-order valence-electron chi connectivity index (χ3n) is 13.0. The summed E-state index contributed by atoms with van der Waals surface area (Å²) in [7, 11) is 0. The second-order valence-electron chi connectivity index (χ2n) is 17.7. The standard InChI is InChI=1S/C50H56F2N10O7/c51-32-23-31(24-33(52)26-32)22-30-6-9-40(53)39(25-30)46(54)59-47(65)37-8-7-35(27-42(37)57-34-12-20-69-21-13-34)60-16-18-61(19-17-60)36(29-63)28-55-14-1-2-15-56-41-5-3-4-38-45(41)50(68)62(49(38)67)43-10-11-44(64)58-48(43)66/h3-9,23-27,29,34,36,43,55-57H,1-2,10-22,28,53H2,(H2,54,59,65)(H,58,64,66). The zero-order chi connectivity index (χ0) is 48.6. The van der Waals surface area contributed by atoms with Crippen molar-refractivity contribution in [3.05, 3.63) is 118 Å². The summed E-state index contributed by atoms with van der Waals surface area (Å²) in [6.45, 7) is 5.38. The summed E-state index contributed by atoms with van der Waals surface area (Å²) < 4.78 is 33.3. The van der Waals surface area contributed by atoms with Crippen molar-refractivity contribution < 1.29 is 42.3 Å². The van der Waals surface area contributed by atoms with E-state index in [-0.39, 0.29) is 59.6 Å². The molecule has 4 aliphatic rings. The zero-order valence-electron chi connectivity index (χ0n) is 38.1. The van der Waals surface area contributed by atoms with Gasteiger partial charge in [-0.25, -0.2) is 8.78 Å². The van der Waals surface area contributed by atoms with Crippen molar-refractivity contribution >= 4 is 64.4 Å². The van der Waals surface area contributed by atoms with Gasteiger partial charge >= 0.3 is 0 Å². The van der Waals surface area contributed by atoms with Gasteiger partial charge in [-0.2, -0.15) is 0 Å². The van der Waals surface area contributed by atoms with E-state index in [1.54, 1.807) is 42.5 Å². The zero-order valence-corrected chi connectivity index (χ0v) is 38.1. The molecule has 362 valence electrons. The Kier molecular flexibility index (Phi) is 15.4. The highest BCUT2D eigenvalue weighted by atomic mass is 19.1. The van der Waals surface area contributed by atoms with Crippen LogP contribution in [0.25, 0.3) is 0 Å². The first-order valence-electron chi connectivity index (χ1n) is 23.3. The number of nitrogens with two attached hydrogens (primary N) is 1. The molecule has 0 aromatic heterocycles. The van der Waals surface area contributed by atoms with Crippen molar-refractivity contribution in [3.8, 4) is 0 Å². The number of amidine groups is 1. The Bertz CT molecular complexity index is 2610. The maximum Gasteiger partial charge on any atom is 0.264 e. The highest BCUT2D eigenvalue weighted by molar-refractivity contribution is 6.25. The van der Waals surface area contributed by atoms with E-state index in [1.807, 2.05) is 12.1 Å². The maximum absolute atomic E-state index is 13.9. The Balaban J connectivity index is 0.818. The van der Waals surface area contributed by atoms with Gasteiger partial charge in [-0.3, -0.25) is 44.5 Å². The molecule has 2 atom stereocenters. The molecule has 2 unspecified atom stereocenters. The molecule has 4 aromatic rings. The van der Waals surface area contributed by atoms with E-state index in [0.29, 0.717) is 87.1 Å². The van der Waals surface area contributed by atoms with E-state index < -0.39 is 47.2 Å². The Hall–Kier alpha value is -7.09. The fraction of sp³-hybridized carbons (Fsp3) is 0.380. The highest BCUT2D eigenvalue weighted by Crippen LogP contribution is 2.33. The normalized spacial score (nSPS) is 18.1. The molecule has 0 aliphatic carbocycles. The van der Waals surface area contributed by atoms with Crippen LogP contribution in [0.4, 0.5) is 31.5 Å². The van der Waals surface area contributed by atoms with Gasteiger partial charge in [0.2, 0.25) is 11.8 Å². The number of imide groups is 2. The van der Waals surface area contributed by atoms with Crippen LogP contribution in [0.3, 0.4) is 0 Å². The number of benzene rings is 4. The Morgan fingerprint density at radius 3 is 2.35 bits per heavy atom. The summed E-state index contributed by atoms with van der Waals surface area (Å²) >= 11 is 0. The lowest BCUT2D eigenvalue weighted by molar-refractivity contribution is -0.136. The van der Waals surface area contributed by atoms with E-state index >= 15 is 0 Å². The monoisotopic (exact) mass is 946 g/mol. The molecule has 17 nitrogen and oxygen atoms in total. The quantitative estimate of drug-likeness (QED) is 0.0187. The van der Waals surface area contributed by atoms with Crippen LogP contribution in [-0.4, -0.2) is 129 Å². The molecule has 3 saturated heterocycles. The summed E-state index contributed by atoms with van der Waals surface area (Å²) in [4.78, 5) is 82.2. The number of anilines is 4. The fourth-order valence-corrected chi connectivity index (χ4v) is 9.32. The number of rotatable bonds is 18. The van der Waals surface area contributed by atoms with Gasteiger partial charge in [-0.15, -0.1) is 0 Å². The van der Waals surface area contributed by atoms with E-state index in [2.05, 4.69) is 36.4 Å². The smallest absolute Gasteiger partial charge is 0.264 e. The second-order valence-corrected chi connectivity index (χ2v) is 17.7. The van der Waals surface area contributed by atoms with Crippen molar-refractivity contribution in [2.45, 2.75) is 63.1 Å². The third kappa shape index (κ3) is 11.4. The highest BCUT2D eigenvalue weighted by Gasteiger charge is 2.45. The third-order valence-corrected chi connectivity index (χ3v) is 13.0. The number of nitrogens with zero attached hydrogens (tertiary/aromatic N) is 3. The number of hydrogen-bond acceptors (Lipinski definition) is 14. The van der Waals surface area contributed by atoms with Gasteiger partial charge in [0.05, 0.1) is 22.7 Å². The first kappa shape index (κ1) is 48.4. The molecule has 4 aliphatic heterocycles. The molecular formula is C50H56F2N10O7. The van der Waals surface area contributed by atoms with E-state index in [9.17, 15) is 37.5 Å². The SMILES string of the molecule is N=C(NC(=O)c1ccc(N2CCN(C(C=O)CNCCCCNc3cccc4c3C(=O)N(C3CCC(=O)NC3=O)C4=O)CC2)cc1NC1CCOCC1)c1cc(Cc2cc(F)cc(F)c2)ccc1N. The van der Waals surface area contributed by atoms with Crippen molar-refractivity contribution in [1.29, 1.82) is 5.41 Å². The number of piperazine rings is 1. The second kappa shape index (κ2) is 21.9. The van der Waals surface area contributed by atoms with E-state index in [1.165, 1.54) is 12.1 Å². The summed E-state index contributed by atoms with van der Waals surface area (Å²) in [6.07, 6.45) is 4.32. The van der Waals surface area contributed by atoms with Gasteiger partial charge in [0, 0.05) is 99.3 Å². The molecule has 0 radical (unpaired) electrons. The van der Waals surface area contributed by atoms with E-state index in [4.69, 9.17) is 15.9 Å². The largest absolute Gasteiger partial charge is 0.398 e. The number of nitrogen functional groups attached to an aromatic ring is 1. The minimum Gasteiger partial charge on any atom is -0.398 e. The van der Waals surface area contributed by atoms with Crippen molar-refractivity contribution in [3.63, 3.8) is 0 Å². The Labute approximate surface area is 398 Å². The van der Waals surface area contributed by atoms with Gasteiger partial charge < -0.3 is 41.4 Å². The van der Waals surface area contributed by atoms with Gasteiger partial charge in [0.25, 0.3) is 17.7 Å². The Morgan fingerprint density at radius 2 is 1.61 bits per heavy atom. The van der Waals surface area contributed by atoms with Crippen molar-refractivity contribution in [1.82, 2.24) is 25.8 Å². The van der Waals surface area contributed by atoms with Crippen LogP contribution >= 0.6 is 0 Å². The summed E-state index contributed by atoms with van der Waals surface area (Å²) in [5, 5.41) is 24.0. The van der Waals surface area contributed by atoms with Crippen molar-refractivity contribution in [2.24, 2.45) is 0 Å². The molecule has 3 fully saturated rings.